The average Bonchev–Trinajstić information content (AvgIpc) is 2.19. The molecule has 0 spiro atoms. The fraction of sp³-hybridized carbons (Fsp3) is 0.909. The summed E-state index contributed by atoms with van der Waals surface area (Å²) >= 11 is 0. The molecule has 1 saturated heterocycles. The van der Waals surface area contributed by atoms with Crippen LogP contribution >= 0.6 is 0 Å². The van der Waals surface area contributed by atoms with Crippen LogP contribution in [-0.4, -0.2) is 60.9 Å². The lowest BCUT2D eigenvalue weighted by molar-refractivity contribution is -0.144. The van der Waals surface area contributed by atoms with E-state index < -0.39 is 0 Å². The summed E-state index contributed by atoms with van der Waals surface area (Å²) in [5, 5.41) is 12.2. The molecule has 0 saturated carbocycles. The van der Waals surface area contributed by atoms with E-state index in [-0.39, 0.29) is 24.2 Å². The number of likely N-dealkylation sites (N-methyl/N-ethyl adjacent to an activating group) is 1. The minimum atomic E-state index is -0.371. The first kappa shape index (κ1) is 13.4. The molecule has 0 aromatic rings. The highest BCUT2D eigenvalue weighted by Crippen LogP contribution is 2.14. The van der Waals surface area contributed by atoms with Crippen LogP contribution < -0.4 is 5.32 Å². The van der Waals surface area contributed by atoms with Crippen LogP contribution in [0.25, 0.3) is 0 Å². The summed E-state index contributed by atoms with van der Waals surface area (Å²) in [6.07, 6.45) is 0.227. The van der Waals surface area contributed by atoms with E-state index in [1.54, 1.807) is 18.9 Å². The molecule has 1 rings (SSSR count). The second-order valence-corrected chi connectivity index (χ2v) is 4.80. The minimum absolute atomic E-state index is 0.0335. The maximum Gasteiger partial charge on any atom is 0.248 e. The van der Waals surface area contributed by atoms with E-state index in [2.05, 4.69) is 5.32 Å². The fourth-order valence-electron chi connectivity index (χ4n) is 1.43. The monoisotopic (exact) mass is 230 g/mol. The number of hydrogen-bond acceptors (Lipinski definition) is 4. The van der Waals surface area contributed by atoms with Gasteiger partial charge in [-0.05, 0) is 20.3 Å². The first-order chi connectivity index (χ1) is 7.43. The molecule has 1 amide bonds. The maximum absolute atomic E-state index is 11.6. The number of hydrogen-bond donors (Lipinski definition) is 2. The molecular weight excluding hydrogens is 208 g/mol. The molecule has 5 heteroatoms. The number of amides is 1. The summed E-state index contributed by atoms with van der Waals surface area (Å²) in [7, 11) is 1.73. The number of ether oxygens (including phenoxy) is 1. The van der Waals surface area contributed by atoms with E-state index in [0.717, 1.165) is 13.1 Å². The van der Waals surface area contributed by atoms with Gasteiger partial charge in [-0.1, -0.05) is 0 Å². The van der Waals surface area contributed by atoms with Crippen LogP contribution in [0.2, 0.25) is 0 Å². The molecule has 0 aromatic heterocycles. The van der Waals surface area contributed by atoms with E-state index in [1.165, 1.54) is 0 Å². The SMILES string of the molecule is CC(O)CCN(C)C(=O)COC1(C)CNC1. The zero-order valence-electron chi connectivity index (χ0n) is 10.3. The van der Waals surface area contributed by atoms with Crippen LogP contribution in [0.3, 0.4) is 0 Å². The van der Waals surface area contributed by atoms with Crippen LogP contribution in [-0.2, 0) is 9.53 Å². The highest BCUT2D eigenvalue weighted by molar-refractivity contribution is 5.77. The Hall–Kier alpha value is -0.650. The Morgan fingerprint density at radius 1 is 1.62 bits per heavy atom. The second-order valence-electron chi connectivity index (χ2n) is 4.80. The van der Waals surface area contributed by atoms with Crippen molar-refractivity contribution in [1.82, 2.24) is 10.2 Å². The van der Waals surface area contributed by atoms with Crippen LogP contribution in [0.1, 0.15) is 20.3 Å². The number of rotatable bonds is 6. The summed E-state index contributed by atoms with van der Waals surface area (Å²) in [5.41, 5.74) is -0.180. The molecule has 0 bridgehead atoms. The predicted octanol–water partition coefficient (Wildman–Crippen LogP) is -0.406. The Morgan fingerprint density at radius 2 is 2.25 bits per heavy atom. The van der Waals surface area contributed by atoms with Gasteiger partial charge in [-0.25, -0.2) is 0 Å². The molecule has 1 aliphatic heterocycles. The van der Waals surface area contributed by atoms with Crippen molar-refractivity contribution >= 4 is 5.91 Å². The van der Waals surface area contributed by atoms with Gasteiger partial charge in [-0.15, -0.1) is 0 Å². The molecule has 0 aliphatic carbocycles. The quantitative estimate of drug-likeness (QED) is 0.651. The Balaban J connectivity index is 2.18. The number of carbonyl (C=O) groups is 1. The summed E-state index contributed by atoms with van der Waals surface area (Å²) in [5.74, 6) is -0.0335. The van der Waals surface area contributed by atoms with Crippen molar-refractivity contribution in [3.05, 3.63) is 0 Å². The van der Waals surface area contributed by atoms with Crippen molar-refractivity contribution in [2.24, 2.45) is 0 Å². The lowest BCUT2D eigenvalue weighted by atomic mass is 10.0. The van der Waals surface area contributed by atoms with Crippen LogP contribution in [0.5, 0.6) is 0 Å². The number of nitrogens with zero attached hydrogens (tertiary/aromatic N) is 1. The van der Waals surface area contributed by atoms with Crippen molar-refractivity contribution in [3.63, 3.8) is 0 Å². The molecule has 1 fully saturated rings. The van der Waals surface area contributed by atoms with Gasteiger partial charge in [0, 0.05) is 26.7 Å². The number of aliphatic hydroxyl groups excluding tert-OH is 1. The Kier molecular flexibility index (Phi) is 4.70. The van der Waals surface area contributed by atoms with Gasteiger partial charge >= 0.3 is 0 Å². The van der Waals surface area contributed by atoms with E-state index in [1.807, 2.05) is 6.92 Å². The Labute approximate surface area is 96.8 Å². The van der Waals surface area contributed by atoms with Crippen molar-refractivity contribution in [2.75, 3.05) is 33.3 Å². The molecule has 1 aliphatic rings. The molecular formula is C11H22N2O3. The molecule has 0 radical (unpaired) electrons. The largest absolute Gasteiger partial charge is 0.393 e. The molecule has 5 nitrogen and oxygen atoms in total. The first-order valence-corrected chi connectivity index (χ1v) is 5.70. The summed E-state index contributed by atoms with van der Waals surface area (Å²) < 4.78 is 5.54. The van der Waals surface area contributed by atoms with Crippen molar-refractivity contribution in [2.45, 2.75) is 32.0 Å². The molecule has 1 atom stereocenters. The van der Waals surface area contributed by atoms with E-state index in [9.17, 15) is 4.79 Å². The third kappa shape index (κ3) is 4.08. The smallest absolute Gasteiger partial charge is 0.248 e. The topological polar surface area (TPSA) is 61.8 Å². The maximum atomic E-state index is 11.6. The van der Waals surface area contributed by atoms with Gasteiger partial charge in [0.1, 0.15) is 6.61 Å². The van der Waals surface area contributed by atoms with Crippen molar-refractivity contribution < 1.29 is 14.6 Å². The van der Waals surface area contributed by atoms with Crippen molar-refractivity contribution in [3.8, 4) is 0 Å². The minimum Gasteiger partial charge on any atom is -0.393 e. The normalized spacial score (nSPS) is 20.0. The van der Waals surface area contributed by atoms with E-state index >= 15 is 0 Å². The summed E-state index contributed by atoms with van der Waals surface area (Å²) in [6.45, 7) is 6.00. The fourth-order valence-corrected chi connectivity index (χ4v) is 1.43. The number of carbonyl (C=O) groups excluding carboxylic acids is 1. The van der Waals surface area contributed by atoms with Gasteiger partial charge < -0.3 is 20.1 Å². The van der Waals surface area contributed by atoms with E-state index in [0.29, 0.717) is 13.0 Å². The third-order valence-corrected chi connectivity index (χ3v) is 2.85. The van der Waals surface area contributed by atoms with Gasteiger partial charge in [0.15, 0.2) is 0 Å². The van der Waals surface area contributed by atoms with Gasteiger partial charge in [-0.2, -0.15) is 0 Å². The Morgan fingerprint density at radius 3 is 2.69 bits per heavy atom. The third-order valence-electron chi connectivity index (χ3n) is 2.85. The number of nitrogens with one attached hydrogen (secondary N) is 1. The standard InChI is InChI=1S/C11H22N2O3/c1-9(14)4-5-13(3)10(15)6-16-11(2)7-12-8-11/h9,12,14H,4-8H2,1-3H3. The Bertz CT molecular complexity index is 239. The predicted molar refractivity (Wildman–Crippen MR) is 61.2 cm³/mol. The van der Waals surface area contributed by atoms with E-state index in [4.69, 9.17) is 9.84 Å². The molecule has 94 valence electrons. The van der Waals surface area contributed by atoms with Crippen LogP contribution in [0, 0.1) is 0 Å². The lowest BCUT2D eigenvalue weighted by Gasteiger charge is -2.39. The van der Waals surface area contributed by atoms with Gasteiger partial charge in [-0.3, -0.25) is 4.79 Å². The van der Waals surface area contributed by atoms with Crippen LogP contribution in [0.15, 0.2) is 0 Å². The molecule has 1 heterocycles. The van der Waals surface area contributed by atoms with Gasteiger partial charge in [0.2, 0.25) is 5.91 Å². The lowest BCUT2D eigenvalue weighted by Crippen LogP contribution is -2.59. The highest BCUT2D eigenvalue weighted by Gasteiger charge is 2.33. The van der Waals surface area contributed by atoms with Gasteiger partial charge in [0.25, 0.3) is 0 Å². The van der Waals surface area contributed by atoms with Crippen molar-refractivity contribution in [1.29, 1.82) is 0 Å². The molecule has 0 aromatic carbocycles. The zero-order valence-corrected chi connectivity index (χ0v) is 10.3. The zero-order chi connectivity index (χ0) is 12.2. The molecule has 1 unspecified atom stereocenters. The first-order valence-electron chi connectivity index (χ1n) is 5.70. The van der Waals surface area contributed by atoms with Crippen LogP contribution in [0.4, 0.5) is 0 Å². The number of aliphatic hydroxyl groups is 1. The average molecular weight is 230 g/mol. The highest BCUT2D eigenvalue weighted by atomic mass is 16.5. The summed E-state index contributed by atoms with van der Waals surface area (Å²) in [6, 6.07) is 0. The summed E-state index contributed by atoms with van der Waals surface area (Å²) in [4.78, 5) is 13.2. The molecule has 2 N–H and O–H groups in total. The van der Waals surface area contributed by atoms with Gasteiger partial charge in [0.05, 0.1) is 11.7 Å². The molecule has 16 heavy (non-hydrogen) atoms. The second kappa shape index (κ2) is 5.61.